The van der Waals surface area contributed by atoms with Crippen LogP contribution in [0.25, 0.3) is 0 Å². The molecule has 0 spiro atoms. The van der Waals surface area contributed by atoms with E-state index in [-0.39, 0.29) is 12.6 Å². The molecule has 4 bridgehead atoms. The number of halogens is 3. The highest BCUT2D eigenvalue weighted by Crippen LogP contribution is 2.60. The van der Waals surface area contributed by atoms with Crippen LogP contribution in [0.15, 0.2) is 0 Å². The maximum absolute atomic E-state index is 12.6. The summed E-state index contributed by atoms with van der Waals surface area (Å²) in [7, 11) is -5.18. The van der Waals surface area contributed by atoms with Crippen LogP contribution in [0, 0.1) is 29.1 Å². The van der Waals surface area contributed by atoms with Crippen molar-refractivity contribution < 1.29 is 31.1 Å². The van der Waals surface area contributed by atoms with Crippen molar-refractivity contribution in [3.05, 3.63) is 0 Å². The number of sulfone groups is 1. The third-order valence-electron chi connectivity index (χ3n) is 5.83. The molecule has 138 valence electrons. The van der Waals surface area contributed by atoms with E-state index >= 15 is 0 Å². The minimum atomic E-state index is -5.26. The fourth-order valence-corrected chi connectivity index (χ4v) is 6.28. The number of carbonyl (C=O) groups is 1. The Kier molecular flexibility index (Phi) is 4.42. The van der Waals surface area contributed by atoms with Crippen LogP contribution in [0.5, 0.6) is 0 Å². The predicted molar refractivity (Wildman–Crippen MR) is 80.6 cm³/mol. The Morgan fingerprint density at radius 3 is 2.00 bits per heavy atom. The van der Waals surface area contributed by atoms with Crippen molar-refractivity contribution in [2.45, 2.75) is 51.0 Å². The molecule has 4 aliphatic rings. The van der Waals surface area contributed by atoms with Gasteiger partial charge in [0.2, 0.25) is 9.84 Å². The van der Waals surface area contributed by atoms with Gasteiger partial charge in [-0.1, -0.05) is 6.92 Å². The summed E-state index contributed by atoms with van der Waals surface area (Å²) in [6.45, 7) is 1.08. The highest BCUT2D eigenvalue weighted by molar-refractivity contribution is 7.92. The molecule has 0 amide bonds. The van der Waals surface area contributed by atoms with Gasteiger partial charge >= 0.3 is 11.5 Å². The minimum Gasteiger partial charge on any atom is -0.465 e. The van der Waals surface area contributed by atoms with E-state index < -0.39 is 32.4 Å². The van der Waals surface area contributed by atoms with E-state index in [2.05, 4.69) is 0 Å². The molecule has 4 aliphatic carbocycles. The van der Waals surface area contributed by atoms with Gasteiger partial charge in [0.15, 0.2) is 0 Å². The van der Waals surface area contributed by atoms with E-state index in [0.717, 1.165) is 19.3 Å². The summed E-state index contributed by atoms with van der Waals surface area (Å²) in [6, 6.07) is 0. The lowest BCUT2D eigenvalue weighted by atomic mass is 9.49. The van der Waals surface area contributed by atoms with Crippen LogP contribution in [0.3, 0.4) is 0 Å². The van der Waals surface area contributed by atoms with Crippen molar-refractivity contribution >= 4 is 15.8 Å². The molecule has 4 nitrogen and oxygen atoms in total. The summed E-state index contributed by atoms with van der Waals surface area (Å²) in [4.78, 5) is 12.6. The van der Waals surface area contributed by atoms with Gasteiger partial charge in [-0.15, -0.1) is 0 Å². The second-order valence-corrected chi connectivity index (χ2v) is 10.2. The van der Waals surface area contributed by atoms with Crippen LogP contribution in [0.1, 0.15) is 45.4 Å². The topological polar surface area (TPSA) is 60.4 Å². The van der Waals surface area contributed by atoms with Gasteiger partial charge in [-0.05, 0) is 56.3 Å². The summed E-state index contributed by atoms with van der Waals surface area (Å²) in [5.41, 5.74) is -5.73. The average Bonchev–Trinajstić information content (AvgIpc) is 2.41. The third kappa shape index (κ3) is 3.30. The Hall–Kier alpha value is -0.790. The maximum Gasteiger partial charge on any atom is 0.497 e. The first-order valence-corrected chi connectivity index (χ1v) is 10.1. The number of carbonyl (C=O) groups excluding carboxylic acids is 1. The molecule has 4 fully saturated rings. The number of hydrogen-bond donors (Lipinski definition) is 0. The van der Waals surface area contributed by atoms with Crippen LogP contribution in [-0.4, -0.2) is 32.3 Å². The van der Waals surface area contributed by atoms with Crippen molar-refractivity contribution in [3.63, 3.8) is 0 Å². The van der Waals surface area contributed by atoms with Crippen LogP contribution in [-0.2, 0) is 19.4 Å². The lowest BCUT2D eigenvalue weighted by molar-refractivity contribution is -0.172. The SMILES string of the molecule is CC(COC(=O)C12CC3CC(CC(C3)C1)C2)CS(=O)(=O)C(F)(F)F. The number of ether oxygens (including phenoxy) is 1. The summed E-state index contributed by atoms with van der Waals surface area (Å²) >= 11 is 0. The van der Waals surface area contributed by atoms with E-state index in [1.54, 1.807) is 0 Å². The molecular weight excluding hydrogens is 345 g/mol. The zero-order valence-electron chi connectivity index (χ0n) is 13.6. The van der Waals surface area contributed by atoms with Crippen LogP contribution < -0.4 is 0 Å². The zero-order valence-corrected chi connectivity index (χ0v) is 14.5. The van der Waals surface area contributed by atoms with E-state index in [1.807, 2.05) is 0 Å². The first-order chi connectivity index (χ1) is 11.0. The first kappa shape index (κ1) is 18.0. The largest absolute Gasteiger partial charge is 0.497 e. The Balaban J connectivity index is 1.56. The summed E-state index contributed by atoms with van der Waals surface area (Å²) in [6.07, 6.45) is 5.96. The van der Waals surface area contributed by atoms with Crippen LogP contribution in [0.4, 0.5) is 13.2 Å². The van der Waals surface area contributed by atoms with Gasteiger partial charge < -0.3 is 4.74 Å². The molecule has 0 aromatic rings. The Morgan fingerprint density at radius 1 is 1.12 bits per heavy atom. The van der Waals surface area contributed by atoms with Gasteiger partial charge in [0.1, 0.15) is 0 Å². The van der Waals surface area contributed by atoms with Crippen molar-refractivity contribution in [3.8, 4) is 0 Å². The fourth-order valence-electron chi connectivity index (χ4n) is 5.25. The smallest absolute Gasteiger partial charge is 0.465 e. The summed E-state index contributed by atoms with van der Waals surface area (Å²) in [5, 5.41) is 0. The molecule has 0 heterocycles. The standard InChI is InChI=1S/C16H23F3O4S/c1-10(9-24(21,22)16(17,18)19)8-23-14(20)15-5-11-2-12(6-15)4-13(3-11)7-15/h10-13H,2-9H2,1H3. The number of alkyl halides is 3. The second-order valence-electron chi connectivity index (χ2n) is 8.13. The predicted octanol–water partition coefficient (Wildman–Crippen LogP) is 3.32. The quantitative estimate of drug-likeness (QED) is 0.699. The molecule has 8 heteroatoms. The van der Waals surface area contributed by atoms with Gasteiger partial charge in [0.25, 0.3) is 0 Å². The molecule has 0 aromatic heterocycles. The van der Waals surface area contributed by atoms with Crippen molar-refractivity contribution in [1.82, 2.24) is 0 Å². The molecule has 1 atom stereocenters. The molecule has 4 rings (SSSR count). The first-order valence-electron chi connectivity index (χ1n) is 8.47. The van der Waals surface area contributed by atoms with E-state index in [0.29, 0.717) is 17.8 Å². The average molecular weight is 368 g/mol. The van der Waals surface area contributed by atoms with Crippen LogP contribution >= 0.6 is 0 Å². The second kappa shape index (κ2) is 5.88. The van der Waals surface area contributed by atoms with Gasteiger partial charge in [-0.3, -0.25) is 4.79 Å². The normalized spacial score (nSPS) is 36.6. The highest BCUT2D eigenvalue weighted by atomic mass is 32.2. The van der Waals surface area contributed by atoms with Gasteiger partial charge in [-0.2, -0.15) is 13.2 Å². The van der Waals surface area contributed by atoms with E-state index in [4.69, 9.17) is 4.74 Å². The van der Waals surface area contributed by atoms with Crippen molar-refractivity contribution in [2.24, 2.45) is 29.1 Å². The highest BCUT2D eigenvalue weighted by Gasteiger charge is 2.55. The maximum atomic E-state index is 12.6. The van der Waals surface area contributed by atoms with E-state index in [1.165, 1.54) is 26.2 Å². The zero-order chi connectivity index (χ0) is 17.8. The molecule has 0 saturated heterocycles. The minimum absolute atomic E-state index is 0.282. The molecule has 1 unspecified atom stereocenters. The van der Waals surface area contributed by atoms with E-state index in [9.17, 15) is 26.4 Å². The van der Waals surface area contributed by atoms with Crippen molar-refractivity contribution in [1.29, 1.82) is 0 Å². The number of esters is 1. The lowest BCUT2D eigenvalue weighted by Gasteiger charge is -2.55. The summed E-state index contributed by atoms with van der Waals surface area (Å²) in [5.74, 6) is -0.581. The lowest BCUT2D eigenvalue weighted by Crippen LogP contribution is -2.50. The molecule has 4 saturated carbocycles. The van der Waals surface area contributed by atoms with Crippen molar-refractivity contribution in [2.75, 3.05) is 12.4 Å². The third-order valence-corrected chi connectivity index (χ3v) is 7.54. The Labute approximate surface area is 140 Å². The molecule has 0 aromatic carbocycles. The fraction of sp³-hybridized carbons (Fsp3) is 0.938. The Morgan fingerprint density at radius 2 is 1.58 bits per heavy atom. The molecule has 0 N–H and O–H groups in total. The molecular formula is C16H23F3O4S. The molecule has 24 heavy (non-hydrogen) atoms. The monoisotopic (exact) mass is 368 g/mol. The van der Waals surface area contributed by atoms with Gasteiger partial charge in [-0.25, -0.2) is 8.42 Å². The van der Waals surface area contributed by atoms with Gasteiger partial charge in [0.05, 0.1) is 17.8 Å². The molecule has 0 radical (unpaired) electrons. The Bertz CT molecular complexity index is 576. The van der Waals surface area contributed by atoms with Crippen LogP contribution in [0.2, 0.25) is 0 Å². The molecule has 0 aliphatic heterocycles. The van der Waals surface area contributed by atoms with Gasteiger partial charge in [0, 0.05) is 5.92 Å². The summed E-state index contributed by atoms with van der Waals surface area (Å²) < 4.78 is 64.8. The number of hydrogen-bond acceptors (Lipinski definition) is 4. The number of rotatable bonds is 5.